The van der Waals surface area contributed by atoms with Gasteiger partial charge in [0.05, 0.1) is 0 Å². The summed E-state index contributed by atoms with van der Waals surface area (Å²) < 4.78 is 12.9. The van der Waals surface area contributed by atoms with Crippen LogP contribution in [0.15, 0.2) is 29.6 Å². The normalized spacial score (nSPS) is 15.7. The van der Waals surface area contributed by atoms with E-state index in [0.717, 1.165) is 18.4 Å². The molecule has 0 saturated heterocycles. The van der Waals surface area contributed by atoms with E-state index < -0.39 is 0 Å². The topological polar surface area (TPSA) is 68.0 Å². The van der Waals surface area contributed by atoms with Crippen molar-refractivity contribution in [3.63, 3.8) is 0 Å². The summed E-state index contributed by atoms with van der Waals surface area (Å²) in [5, 5.41) is 5.36. The summed E-state index contributed by atoms with van der Waals surface area (Å²) in [5.74, 6) is 0.0274. The summed E-state index contributed by atoms with van der Waals surface area (Å²) in [6.07, 6.45) is 2.25. The molecule has 1 aliphatic rings. The Hall–Kier alpha value is -1.79. The molecule has 110 valence electrons. The van der Waals surface area contributed by atoms with Crippen molar-refractivity contribution in [1.29, 1.82) is 0 Å². The molecule has 1 heterocycles. The maximum Gasteiger partial charge on any atom is 0.271 e. The van der Waals surface area contributed by atoms with Crippen molar-refractivity contribution in [3.05, 3.63) is 41.2 Å². The predicted molar refractivity (Wildman–Crippen MR) is 80.5 cm³/mol. The van der Waals surface area contributed by atoms with Gasteiger partial charge >= 0.3 is 0 Å². The molecule has 1 aliphatic carbocycles. The Morgan fingerprint density at radius 3 is 2.76 bits per heavy atom. The first-order valence-electron chi connectivity index (χ1n) is 6.90. The number of nitrogens with zero attached hydrogens (tertiary/aromatic N) is 1. The second kappa shape index (κ2) is 5.91. The molecule has 4 nitrogen and oxygen atoms in total. The Bertz CT molecular complexity index is 637. The second-order valence-corrected chi connectivity index (χ2v) is 6.06. The third kappa shape index (κ3) is 3.28. The van der Waals surface area contributed by atoms with E-state index in [4.69, 9.17) is 5.73 Å². The van der Waals surface area contributed by atoms with Crippen LogP contribution in [0.4, 0.5) is 4.39 Å². The van der Waals surface area contributed by atoms with Gasteiger partial charge in [0, 0.05) is 23.5 Å². The van der Waals surface area contributed by atoms with E-state index in [1.54, 1.807) is 17.5 Å². The van der Waals surface area contributed by atoms with Crippen molar-refractivity contribution in [2.45, 2.75) is 18.9 Å². The number of nitrogens with two attached hydrogens (primary N) is 1. The number of hydrogen-bond donors (Lipinski definition) is 2. The number of aromatic nitrogens is 1. The number of carbonyl (C=O) groups excluding carboxylic acids is 1. The van der Waals surface area contributed by atoms with Crippen LogP contribution in [0.1, 0.15) is 23.3 Å². The summed E-state index contributed by atoms with van der Waals surface area (Å²) in [6, 6.07) is 6.11. The molecule has 3 N–H and O–H groups in total. The number of nitrogens with one attached hydrogen (secondary N) is 1. The molecule has 1 saturated carbocycles. The van der Waals surface area contributed by atoms with Crippen molar-refractivity contribution in [2.24, 2.45) is 11.7 Å². The fourth-order valence-corrected chi connectivity index (χ4v) is 3.02. The Balaban J connectivity index is 1.71. The quantitative estimate of drug-likeness (QED) is 0.891. The molecule has 1 aromatic carbocycles. The average molecular weight is 305 g/mol. The summed E-state index contributed by atoms with van der Waals surface area (Å²) in [4.78, 5) is 16.5. The van der Waals surface area contributed by atoms with E-state index in [1.807, 2.05) is 0 Å². The minimum Gasteiger partial charge on any atom is -0.346 e. The number of halogens is 1. The van der Waals surface area contributed by atoms with Crippen molar-refractivity contribution >= 4 is 17.2 Å². The number of thiazole rings is 1. The van der Waals surface area contributed by atoms with Crippen LogP contribution >= 0.6 is 11.3 Å². The zero-order valence-electron chi connectivity index (χ0n) is 11.4. The van der Waals surface area contributed by atoms with Crippen LogP contribution in [0, 0.1) is 11.7 Å². The highest BCUT2D eigenvalue weighted by Crippen LogP contribution is 2.32. The number of amides is 1. The molecule has 0 aliphatic heterocycles. The lowest BCUT2D eigenvalue weighted by molar-refractivity contribution is 0.0929. The van der Waals surface area contributed by atoms with Crippen molar-refractivity contribution in [2.75, 3.05) is 6.54 Å². The van der Waals surface area contributed by atoms with E-state index in [1.165, 1.54) is 23.5 Å². The van der Waals surface area contributed by atoms with Crippen LogP contribution in [0.25, 0.3) is 10.6 Å². The summed E-state index contributed by atoms with van der Waals surface area (Å²) >= 11 is 1.37. The van der Waals surface area contributed by atoms with Gasteiger partial charge in [-0.05, 0) is 43.0 Å². The molecule has 0 bridgehead atoms. The average Bonchev–Trinajstić information content (AvgIpc) is 3.21. The molecule has 6 heteroatoms. The molecule has 0 spiro atoms. The number of benzene rings is 1. The third-order valence-electron chi connectivity index (χ3n) is 3.59. The molecule has 21 heavy (non-hydrogen) atoms. The fourth-order valence-electron chi connectivity index (χ4n) is 2.21. The lowest BCUT2D eigenvalue weighted by atomic mass is 10.2. The molecule has 1 aromatic heterocycles. The first-order chi connectivity index (χ1) is 10.2. The van der Waals surface area contributed by atoms with Crippen molar-refractivity contribution in [3.8, 4) is 10.6 Å². The van der Waals surface area contributed by atoms with Gasteiger partial charge in [0.1, 0.15) is 16.5 Å². The monoisotopic (exact) mass is 305 g/mol. The highest BCUT2D eigenvalue weighted by molar-refractivity contribution is 7.13. The standard InChI is InChI=1S/C15H16FN3OS/c16-11-5-3-10(4-6-11)15-19-13(8-21-15)14(20)18-12(7-17)9-1-2-9/h3-6,8-9,12H,1-2,7,17H2,(H,18,20). The second-order valence-electron chi connectivity index (χ2n) is 5.20. The first-order valence-corrected chi connectivity index (χ1v) is 7.77. The lowest BCUT2D eigenvalue weighted by Crippen LogP contribution is -2.41. The van der Waals surface area contributed by atoms with Crippen LogP contribution in [-0.2, 0) is 0 Å². The SMILES string of the molecule is NCC(NC(=O)c1csc(-c2ccc(F)cc2)n1)C1CC1. The number of hydrogen-bond acceptors (Lipinski definition) is 4. The summed E-state index contributed by atoms with van der Waals surface area (Å²) in [5.41, 5.74) is 6.87. The summed E-state index contributed by atoms with van der Waals surface area (Å²) in [6.45, 7) is 0.450. The zero-order chi connectivity index (χ0) is 14.8. The van der Waals surface area contributed by atoms with Crippen LogP contribution in [0.3, 0.4) is 0 Å². The molecule has 2 aromatic rings. The van der Waals surface area contributed by atoms with E-state index in [2.05, 4.69) is 10.3 Å². The van der Waals surface area contributed by atoms with Gasteiger partial charge in [0.15, 0.2) is 0 Å². The van der Waals surface area contributed by atoms with Gasteiger partial charge < -0.3 is 11.1 Å². The van der Waals surface area contributed by atoms with Crippen LogP contribution in [0.5, 0.6) is 0 Å². The van der Waals surface area contributed by atoms with Gasteiger partial charge in [0.2, 0.25) is 0 Å². The van der Waals surface area contributed by atoms with Gasteiger partial charge in [-0.3, -0.25) is 4.79 Å². The van der Waals surface area contributed by atoms with Crippen molar-refractivity contribution in [1.82, 2.24) is 10.3 Å². The molecule has 1 unspecified atom stereocenters. The van der Waals surface area contributed by atoms with Crippen LogP contribution in [0.2, 0.25) is 0 Å². The molecule has 1 amide bonds. The largest absolute Gasteiger partial charge is 0.346 e. The lowest BCUT2D eigenvalue weighted by Gasteiger charge is -2.14. The Kier molecular flexibility index (Phi) is 3.98. The maximum absolute atomic E-state index is 12.9. The molecular formula is C15H16FN3OS. The van der Waals surface area contributed by atoms with Crippen molar-refractivity contribution < 1.29 is 9.18 Å². The molecular weight excluding hydrogens is 289 g/mol. The first kappa shape index (κ1) is 14.2. The minimum atomic E-state index is -0.288. The third-order valence-corrected chi connectivity index (χ3v) is 4.48. The van der Waals surface area contributed by atoms with Gasteiger partial charge in [-0.2, -0.15) is 0 Å². The predicted octanol–water partition coefficient (Wildman–Crippen LogP) is 2.42. The van der Waals surface area contributed by atoms with E-state index in [-0.39, 0.29) is 17.8 Å². The van der Waals surface area contributed by atoms with Gasteiger partial charge in [-0.1, -0.05) is 0 Å². The van der Waals surface area contributed by atoms with Gasteiger partial charge in [0.25, 0.3) is 5.91 Å². The molecule has 1 atom stereocenters. The minimum absolute atomic E-state index is 0.0356. The fraction of sp³-hybridized carbons (Fsp3) is 0.333. The molecule has 0 radical (unpaired) electrons. The number of carbonyl (C=O) groups is 1. The Morgan fingerprint density at radius 1 is 1.43 bits per heavy atom. The van der Waals surface area contributed by atoms with Gasteiger partial charge in [-0.15, -0.1) is 11.3 Å². The highest BCUT2D eigenvalue weighted by atomic mass is 32.1. The molecule has 1 fully saturated rings. The van der Waals surface area contributed by atoms with Crippen LogP contribution in [-0.4, -0.2) is 23.5 Å². The molecule has 3 rings (SSSR count). The Morgan fingerprint density at radius 2 is 2.14 bits per heavy atom. The summed E-state index contributed by atoms with van der Waals surface area (Å²) in [7, 11) is 0. The maximum atomic E-state index is 12.9. The Labute approximate surface area is 126 Å². The van der Waals surface area contributed by atoms with E-state index in [9.17, 15) is 9.18 Å². The van der Waals surface area contributed by atoms with E-state index >= 15 is 0 Å². The van der Waals surface area contributed by atoms with Gasteiger partial charge in [-0.25, -0.2) is 9.37 Å². The number of rotatable bonds is 5. The zero-order valence-corrected chi connectivity index (χ0v) is 12.2. The smallest absolute Gasteiger partial charge is 0.271 e. The van der Waals surface area contributed by atoms with E-state index in [0.29, 0.717) is 23.2 Å². The highest BCUT2D eigenvalue weighted by Gasteiger charge is 2.31. The van der Waals surface area contributed by atoms with Crippen LogP contribution < -0.4 is 11.1 Å².